The van der Waals surface area contributed by atoms with E-state index in [9.17, 15) is 9.18 Å². The Bertz CT molecular complexity index is 305. The summed E-state index contributed by atoms with van der Waals surface area (Å²) >= 11 is 0. The molecular weight excluding hydrogens is 219 g/mol. The fourth-order valence-corrected chi connectivity index (χ4v) is 3.21. The third kappa shape index (κ3) is 2.70. The Kier molecular flexibility index (Phi) is 3.85. The summed E-state index contributed by atoms with van der Waals surface area (Å²) in [5, 5.41) is 0. The number of allylic oxidation sites excluding steroid dienone is 2. The molecule has 0 radical (unpaired) electrons. The lowest BCUT2D eigenvalue weighted by Gasteiger charge is -2.38. The van der Waals surface area contributed by atoms with Crippen molar-refractivity contribution in [3.63, 3.8) is 0 Å². The second-order valence-electron chi connectivity index (χ2n) is 5.32. The molecule has 1 saturated carbocycles. The van der Waals surface area contributed by atoms with Crippen molar-refractivity contribution in [1.82, 2.24) is 0 Å². The Morgan fingerprint density at radius 1 is 1.29 bits per heavy atom. The van der Waals surface area contributed by atoms with Crippen LogP contribution in [-0.2, 0) is 9.53 Å². The number of hydrogen-bond donors (Lipinski definition) is 0. The van der Waals surface area contributed by atoms with E-state index in [0.29, 0.717) is 12.8 Å². The van der Waals surface area contributed by atoms with Gasteiger partial charge < -0.3 is 4.74 Å². The molecule has 0 saturated heterocycles. The van der Waals surface area contributed by atoms with E-state index in [2.05, 4.69) is 6.08 Å². The van der Waals surface area contributed by atoms with Crippen molar-refractivity contribution < 1.29 is 13.9 Å². The summed E-state index contributed by atoms with van der Waals surface area (Å²) < 4.78 is 19.5. The zero-order valence-corrected chi connectivity index (χ0v) is 10.5. The van der Waals surface area contributed by atoms with Crippen molar-refractivity contribution in [1.29, 1.82) is 0 Å². The summed E-state index contributed by atoms with van der Waals surface area (Å²) in [5.41, 5.74) is -1.02. The largest absolute Gasteiger partial charge is 0.469 e. The first-order valence-electron chi connectivity index (χ1n) is 6.57. The number of methoxy groups -OCH3 is 1. The van der Waals surface area contributed by atoms with Crippen LogP contribution in [0.5, 0.6) is 0 Å². The van der Waals surface area contributed by atoms with Gasteiger partial charge in [0, 0.05) is 0 Å². The molecule has 1 atom stereocenters. The molecule has 2 rings (SSSR count). The van der Waals surface area contributed by atoms with Crippen molar-refractivity contribution in [3.05, 3.63) is 12.2 Å². The number of halogens is 1. The molecule has 2 aliphatic carbocycles. The smallest absolute Gasteiger partial charge is 0.308 e. The van der Waals surface area contributed by atoms with Gasteiger partial charge in [-0.3, -0.25) is 4.79 Å². The Morgan fingerprint density at radius 2 is 2.00 bits per heavy atom. The topological polar surface area (TPSA) is 26.3 Å². The number of carbonyl (C=O) groups is 1. The van der Waals surface area contributed by atoms with E-state index in [-0.39, 0.29) is 17.8 Å². The van der Waals surface area contributed by atoms with Crippen molar-refractivity contribution in [2.45, 2.75) is 50.6 Å². The maximum absolute atomic E-state index is 14.7. The minimum absolute atomic E-state index is 0.000942. The van der Waals surface area contributed by atoms with Gasteiger partial charge in [-0.1, -0.05) is 12.2 Å². The molecule has 0 aromatic rings. The van der Waals surface area contributed by atoms with Crippen LogP contribution >= 0.6 is 0 Å². The molecule has 0 N–H and O–H groups in total. The lowest BCUT2D eigenvalue weighted by Crippen LogP contribution is -2.37. The highest BCUT2D eigenvalue weighted by atomic mass is 19.1. The fourth-order valence-electron chi connectivity index (χ4n) is 3.21. The molecule has 2 nitrogen and oxygen atoms in total. The number of esters is 1. The molecule has 0 aromatic heterocycles. The number of carbonyl (C=O) groups excluding carboxylic acids is 1. The maximum Gasteiger partial charge on any atom is 0.308 e. The van der Waals surface area contributed by atoms with Crippen LogP contribution < -0.4 is 0 Å². The monoisotopic (exact) mass is 240 g/mol. The summed E-state index contributed by atoms with van der Waals surface area (Å²) in [7, 11) is 1.43. The Morgan fingerprint density at radius 3 is 2.53 bits per heavy atom. The summed E-state index contributed by atoms with van der Waals surface area (Å²) in [5.74, 6) is 0.00670. The summed E-state index contributed by atoms with van der Waals surface area (Å²) in [4.78, 5) is 11.4. The summed E-state index contributed by atoms with van der Waals surface area (Å²) in [6.45, 7) is 0. The van der Waals surface area contributed by atoms with Gasteiger partial charge in [-0.05, 0) is 50.9 Å². The molecule has 0 bridgehead atoms. The molecule has 96 valence electrons. The minimum Gasteiger partial charge on any atom is -0.469 e. The van der Waals surface area contributed by atoms with Gasteiger partial charge in [0.25, 0.3) is 0 Å². The molecular formula is C14H21FO2. The average molecular weight is 240 g/mol. The predicted molar refractivity (Wildman–Crippen MR) is 64.3 cm³/mol. The Labute approximate surface area is 102 Å². The molecule has 0 amide bonds. The highest BCUT2D eigenvalue weighted by Crippen LogP contribution is 2.43. The number of hydrogen-bond acceptors (Lipinski definition) is 2. The van der Waals surface area contributed by atoms with Gasteiger partial charge in [-0.25, -0.2) is 4.39 Å². The average Bonchev–Trinajstić information content (AvgIpc) is 2.39. The number of rotatable bonds is 2. The third-order valence-corrected chi connectivity index (χ3v) is 4.34. The van der Waals surface area contributed by atoms with Gasteiger partial charge in [-0.2, -0.15) is 0 Å². The SMILES string of the molecule is COC(=O)C1CCC(C2(F)CC=CCC2)CC1. The first kappa shape index (κ1) is 12.6. The molecule has 1 unspecified atom stereocenters. The normalized spacial score (nSPS) is 37.8. The van der Waals surface area contributed by atoms with E-state index < -0.39 is 5.67 Å². The van der Waals surface area contributed by atoms with Crippen LogP contribution in [0.2, 0.25) is 0 Å². The standard InChI is InChI=1S/C14H21FO2/c1-17-13(16)11-5-7-12(8-6-11)14(15)9-3-2-4-10-14/h2-3,11-12H,4-10H2,1H3. The van der Waals surface area contributed by atoms with Crippen molar-refractivity contribution in [3.8, 4) is 0 Å². The maximum atomic E-state index is 14.7. The molecule has 0 heterocycles. The Balaban J connectivity index is 1.90. The highest BCUT2D eigenvalue weighted by Gasteiger charge is 2.41. The molecule has 0 aromatic carbocycles. The molecule has 0 aliphatic heterocycles. The third-order valence-electron chi connectivity index (χ3n) is 4.34. The van der Waals surface area contributed by atoms with Crippen LogP contribution in [0.1, 0.15) is 44.9 Å². The molecule has 0 spiro atoms. The lowest BCUT2D eigenvalue weighted by atomic mass is 9.70. The zero-order chi connectivity index (χ0) is 12.3. The first-order chi connectivity index (χ1) is 8.15. The van der Waals surface area contributed by atoms with E-state index in [0.717, 1.165) is 32.1 Å². The Hall–Kier alpha value is -0.860. The van der Waals surface area contributed by atoms with Gasteiger partial charge in [-0.15, -0.1) is 0 Å². The van der Waals surface area contributed by atoms with Gasteiger partial charge >= 0.3 is 5.97 Å². The van der Waals surface area contributed by atoms with Gasteiger partial charge in [0.2, 0.25) is 0 Å². The quantitative estimate of drug-likeness (QED) is 0.546. The van der Waals surface area contributed by atoms with E-state index in [1.54, 1.807) is 0 Å². The van der Waals surface area contributed by atoms with Crippen molar-refractivity contribution in [2.75, 3.05) is 7.11 Å². The fraction of sp³-hybridized carbons (Fsp3) is 0.786. The summed E-state index contributed by atoms with van der Waals surface area (Å²) in [6, 6.07) is 0. The van der Waals surface area contributed by atoms with Crippen LogP contribution in [0.25, 0.3) is 0 Å². The molecule has 2 aliphatic rings. The first-order valence-corrected chi connectivity index (χ1v) is 6.57. The second kappa shape index (κ2) is 5.19. The van der Waals surface area contributed by atoms with Crippen LogP contribution in [0.4, 0.5) is 4.39 Å². The molecule has 17 heavy (non-hydrogen) atoms. The number of ether oxygens (including phenoxy) is 1. The van der Waals surface area contributed by atoms with Crippen LogP contribution in [0, 0.1) is 11.8 Å². The van der Waals surface area contributed by atoms with Gasteiger partial charge in [0.05, 0.1) is 13.0 Å². The second-order valence-corrected chi connectivity index (χ2v) is 5.32. The van der Waals surface area contributed by atoms with E-state index in [1.807, 2.05) is 6.08 Å². The minimum atomic E-state index is -1.02. The van der Waals surface area contributed by atoms with Crippen LogP contribution in [0.3, 0.4) is 0 Å². The molecule has 3 heteroatoms. The van der Waals surface area contributed by atoms with Crippen molar-refractivity contribution in [2.24, 2.45) is 11.8 Å². The lowest BCUT2D eigenvalue weighted by molar-refractivity contribution is -0.147. The van der Waals surface area contributed by atoms with Crippen LogP contribution in [-0.4, -0.2) is 18.7 Å². The van der Waals surface area contributed by atoms with Crippen molar-refractivity contribution >= 4 is 5.97 Å². The van der Waals surface area contributed by atoms with Gasteiger partial charge in [0.1, 0.15) is 5.67 Å². The van der Waals surface area contributed by atoms with Gasteiger partial charge in [0.15, 0.2) is 0 Å². The van der Waals surface area contributed by atoms with E-state index in [4.69, 9.17) is 4.74 Å². The molecule has 1 fully saturated rings. The summed E-state index contributed by atoms with van der Waals surface area (Å²) in [6.07, 6.45) is 9.31. The predicted octanol–water partition coefficient (Wildman–Crippen LogP) is 3.41. The van der Waals surface area contributed by atoms with Crippen LogP contribution in [0.15, 0.2) is 12.2 Å². The van der Waals surface area contributed by atoms with E-state index >= 15 is 0 Å². The van der Waals surface area contributed by atoms with E-state index in [1.165, 1.54) is 7.11 Å². The highest BCUT2D eigenvalue weighted by molar-refractivity contribution is 5.72. The number of alkyl halides is 1. The zero-order valence-electron chi connectivity index (χ0n) is 10.5.